The zero-order chi connectivity index (χ0) is 23.0. The molecule has 0 aromatic carbocycles. The first kappa shape index (κ1) is 23.0. The van der Waals surface area contributed by atoms with E-state index in [1.807, 2.05) is 0 Å². The van der Waals surface area contributed by atoms with Gasteiger partial charge in [0.05, 0.1) is 15.7 Å². The molecule has 3 heterocycles. The predicted molar refractivity (Wildman–Crippen MR) is 104 cm³/mol. The van der Waals surface area contributed by atoms with Crippen LogP contribution in [0.1, 0.15) is 22.4 Å². The van der Waals surface area contributed by atoms with Crippen LogP contribution >= 0.6 is 22.9 Å². The van der Waals surface area contributed by atoms with Crippen LogP contribution in [-0.2, 0) is 23.1 Å². The molecule has 3 aromatic rings. The number of sulfone groups is 1. The molecule has 164 valence electrons. The summed E-state index contributed by atoms with van der Waals surface area (Å²) in [6.07, 6.45) is -0.953. The first-order valence-electron chi connectivity index (χ1n) is 8.33. The van der Waals surface area contributed by atoms with E-state index in [1.165, 1.54) is 26.4 Å². The van der Waals surface area contributed by atoms with Crippen LogP contribution in [0.2, 0.25) is 5.02 Å². The Labute approximate surface area is 182 Å². The fourth-order valence-corrected chi connectivity index (χ4v) is 4.19. The Morgan fingerprint density at radius 1 is 1.23 bits per heavy atom. The molecular weight excluding hydrogens is 481 g/mol. The molecule has 0 spiro atoms. The lowest BCUT2D eigenvalue weighted by atomic mass is 10.2. The van der Waals surface area contributed by atoms with Crippen LogP contribution in [0, 0.1) is 0 Å². The number of halogens is 4. The van der Waals surface area contributed by atoms with E-state index >= 15 is 0 Å². The van der Waals surface area contributed by atoms with E-state index in [0.717, 1.165) is 16.9 Å². The van der Waals surface area contributed by atoms with E-state index in [0.29, 0.717) is 0 Å². The Balaban J connectivity index is 2.13. The summed E-state index contributed by atoms with van der Waals surface area (Å²) in [7, 11) is -2.78. The Bertz CT molecular complexity index is 1320. The van der Waals surface area contributed by atoms with E-state index in [4.69, 9.17) is 11.6 Å². The smallest absolute Gasteiger partial charge is 0.265 e. The second-order valence-corrected chi connectivity index (χ2v) is 9.57. The van der Waals surface area contributed by atoms with Crippen LogP contribution in [0.4, 0.5) is 13.2 Å². The molecular formula is C16H12ClF3N6O3S2. The number of aromatic nitrogens is 5. The van der Waals surface area contributed by atoms with Crippen molar-refractivity contribution in [2.24, 2.45) is 12.0 Å². The average molecular weight is 493 g/mol. The van der Waals surface area contributed by atoms with Crippen molar-refractivity contribution >= 4 is 38.7 Å². The van der Waals surface area contributed by atoms with Crippen molar-refractivity contribution in [2.75, 3.05) is 5.75 Å². The molecule has 15 heteroatoms. The normalized spacial score (nSPS) is 12.9. The fraction of sp³-hybridized carbons (Fsp3) is 0.250. The second kappa shape index (κ2) is 8.43. The maximum atomic E-state index is 12.8. The van der Waals surface area contributed by atoms with Crippen molar-refractivity contribution in [3.8, 4) is 11.4 Å². The summed E-state index contributed by atoms with van der Waals surface area (Å²) in [5.41, 5.74) is -0.343. The molecule has 0 fully saturated rings. The van der Waals surface area contributed by atoms with E-state index in [1.54, 1.807) is 0 Å². The highest BCUT2D eigenvalue weighted by Gasteiger charge is 2.35. The number of nitrogens with zero attached hydrogens (tertiary/aromatic N) is 6. The molecule has 3 rings (SSSR count). The third kappa shape index (κ3) is 4.97. The summed E-state index contributed by atoms with van der Waals surface area (Å²) in [5, 5.41) is 2.34. The van der Waals surface area contributed by atoms with Gasteiger partial charge in [0.1, 0.15) is 5.69 Å². The minimum absolute atomic E-state index is 0.115. The minimum atomic E-state index is -4.71. The van der Waals surface area contributed by atoms with Gasteiger partial charge in [-0.25, -0.2) is 28.1 Å². The van der Waals surface area contributed by atoms with Crippen molar-refractivity contribution in [1.82, 2.24) is 24.7 Å². The zero-order valence-electron chi connectivity index (χ0n) is 15.8. The third-order valence-corrected chi connectivity index (χ3v) is 6.78. The van der Waals surface area contributed by atoms with Crippen LogP contribution in [0.5, 0.6) is 0 Å². The Hall–Kier alpha value is -2.71. The van der Waals surface area contributed by atoms with Crippen molar-refractivity contribution < 1.29 is 26.4 Å². The van der Waals surface area contributed by atoms with Gasteiger partial charge in [-0.15, -0.1) is 0 Å². The van der Waals surface area contributed by atoms with Crippen LogP contribution in [0.25, 0.3) is 11.4 Å². The van der Waals surface area contributed by atoms with Gasteiger partial charge in [0.25, 0.3) is 5.91 Å². The summed E-state index contributed by atoms with van der Waals surface area (Å²) in [6.45, 7) is 1.37. The van der Waals surface area contributed by atoms with Crippen LogP contribution in [0.15, 0.2) is 34.5 Å². The summed E-state index contributed by atoms with van der Waals surface area (Å²) >= 11 is 5.88. The highest BCUT2D eigenvalue weighted by molar-refractivity contribution is 7.91. The highest BCUT2D eigenvalue weighted by atomic mass is 35.5. The monoisotopic (exact) mass is 492 g/mol. The molecule has 0 aliphatic rings. The number of aryl methyl sites for hydroxylation is 1. The molecule has 0 saturated heterocycles. The Morgan fingerprint density at radius 3 is 2.42 bits per heavy atom. The Kier molecular flexibility index (Phi) is 6.25. The maximum Gasteiger partial charge on any atom is 0.445 e. The molecule has 0 saturated carbocycles. The van der Waals surface area contributed by atoms with Gasteiger partial charge in [0.15, 0.2) is 15.7 Å². The number of rotatable bonds is 4. The fourth-order valence-electron chi connectivity index (χ4n) is 2.28. The van der Waals surface area contributed by atoms with Crippen molar-refractivity contribution in [3.63, 3.8) is 0 Å². The minimum Gasteiger partial charge on any atom is -0.265 e. The first-order valence-corrected chi connectivity index (χ1v) is 11.2. The van der Waals surface area contributed by atoms with Gasteiger partial charge >= 0.3 is 6.18 Å². The maximum absolute atomic E-state index is 12.8. The number of carbonyl (C=O) groups excluding carboxylic acids is 1. The summed E-state index contributed by atoms with van der Waals surface area (Å²) in [4.78, 5) is 27.3. The molecule has 0 N–H and O–H groups in total. The first-order chi connectivity index (χ1) is 14.4. The summed E-state index contributed by atoms with van der Waals surface area (Å²) in [6, 6.07) is 1.16. The van der Waals surface area contributed by atoms with Gasteiger partial charge in [-0.05, 0) is 6.07 Å². The number of alkyl halides is 3. The van der Waals surface area contributed by atoms with E-state index in [-0.39, 0.29) is 38.3 Å². The number of hydrogen-bond donors (Lipinski definition) is 0. The zero-order valence-corrected chi connectivity index (χ0v) is 18.1. The lowest BCUT2D eigenvalue weighted by Gasteiger charge is -2.08. The van der Waals surface area contributed by atoms with Gasteiger partial charge in [0.2, 0.25) is 9.81 Å². The van der Waals surface area contributed by atoms with Gasteiger partial charge < -0.3 is 0 Å². The molecule has 0 aliphatic heterocycles. The van der Waals surface area contributed by atoms with E-state index < -0.39 is 37.5 Å². The topological polar surface area (TPSA) is 120 Å². The summed E-state index contributed by atoms with van der Waals surface area (Å²) < 4.78 is 64.4. The van der Waals surface area contributed by atoms with E-state index in [9.17, 15) is 26.4 Å². The van der Waals surface area contributed by atoms with E-state index in [2.05, 4.69) is 25.0 Å². The van der Waals surface area contributed by atoms with Gasteiger partial charge in [-0.1, -0.05) is 29.9 Å². The molecule has 31 heavy (non-hydrogen) atoms. The number of hydrogen-bond acceptors (Lipinski definition) is 8. The van der Waals surface area contributed by atoms with Crippen molar-refractivity contribution in [1.29, 1.82) is 0 Å². The van der Waals surface area contributed by atoms with Gasteiger partial charge in [-0.3, -0.25) is 4.79 Å². The molecule has 0 unspecified atom stereocenters. The van der Waals surface area contributed by atoms with Crippen LogP contribution in [0.3, 0.4) is 0 Å². The van der Waals surface area contributed by atoms with Gasteiger partial charge in [0, 0.05) is 31.2 Å². The molecule has 9 nitrogen and oxygen atoms in total. The molecule has 0 aliphatic carbocycles. The third-order valence-electron chi connectivity index (χ3n) is 3.79. The molecule has 1 amide bonds. The quantitative estimate of drug-likeness (QED) is 0.548. The molecule has 3 aromatic heterocycles. The van der Waals surface area contributed by atoms with Gasteiger partial charge in [-0.2, -0.15) is 23.3 Å². The van der Waals surface area contributed by atoms with Crippen molar-refractivity contribution in [3.05, 3.63) is 45.2 Å². The van der Waals surface area contributed by atoms with Crippen LogP contribution in [-0.4, -0.2) is 44.8 Å². The lowest BCUT2D eigenvalue weighted by molar-refractivity contribution is -0.138. The molecule has 0 radical (unpaired) electrons. The molecule has 0 atom stereocenters. The molecule has 0 bridgehead atoms. The lowest BCUT2D eigenvalue weighted by Crippen LogP contribution is -2.18. The van der Waals surface area contributed by atoms with Crippen LogP contribution < -0.4 is 4.80 Å². The standard InChI is InChI=1S/C16H12ClF3N6O3S2/c1-3-31(28,29)10-4-8(12-22-6-9(17)7-23-12)5-21-11(10)13(27)24-15-26(2)25-14(30-15)16(18,19)20/h4-7H,3H2,1-2H3. The largest absolute Gasteiger partial charge is 0.445 e. The Morgan fingerprint density at radius 2 is 1.87 bits per heavy atom. The number of pyridine rings is 1. The number of carbonyl (C=O) groups is 1. The summed E-state index contributed by atoms with van der Waals surface area (Å²) in [5.74, 6) is -1.38. The second-order valence-electron chi connectivity index (χ2n) is 5.93. The SMILES string of the molecule is CCS(=O)(=O)c1cc(-c2ncc(Cl)cn2)cnc1C(=O)N=c1sc(C(F)(F)F)nn1C. The van der Waals surface area contributed by atoms with Crippen molar-refractivity contribution in [2.45, 2.75) is 18.0 Å². The number of amides is 1. The average Bonchev–Trinajstić information content (AvgIpc) is 3.09. The predicted octanol–water partition coefficient (Wildman–Crippen LogP) is 2.54. The highest BCUT2D eigenvalue weighted by Crippen LogP contribution is 2.29.